The molecule has 1 aliphatic rings. The van der Waals surface area contributed by atoms with E-state index in [2.05, 4.69) is 82.4 Å². The number of halogens is 2. The highest BCUT2D eigenvalue weighted by Crippen LogP contribution is 2.48. The highest BCUT2D eigenvalue weighted by atomic mass is 35.5. The molecule has 0 aromatic heterocycles. The monoisotopic (exact) mass is 494 g/mol. The van der Waals surface area contributed by atoms with Crippen molar-refractivity contribution in [2.45, 2.75) is 58.0 Å². The van der Waals surface area contributed by atoms with E-state index in [1.165, 1.54) is 5.56 Å². The van der Waals surface area contributed by atoms with Crippen molar-refractivity contribution in [3.05, 3.63) is 99.0 Å². The molecular weight excluding hydrogens is 463 g/mol. The Bertz CT molecular complexity index is 1210. The van der Waals surface area contributed by atoms with Crippen molar-refractivity contribution in [2.75, 3.05) is 6.61 Å². The van der Waals surface area contributed by atoms with Crippen LogP contribution in [0.4, 0.5) is 0 Å². The predicted octanol–water partition coefficient (Wildman–Crippen LogP) is 7.87. The minimum atomic E-state index is -0.609. The van der Waals surface area contributed by atoms with Gasteiger partial charge in [-0.05, 0) is 79.3 Å². The maximum Gasteiger partial charge on any atom is 0.133 e. The number of hydrogen-bond acceptors (Lipinski definition) is 3. The van der Waals surface area contributed by atoms with E-state index >= 15 is 0 Å². The summed E-state index contributed by atoms with van der Waals surface area (Å²) in [5.41, 5.74) is 3.21. The lowest BCUT2D eigenvalue weighted by Gasteiger charge is -2.40. The molecule has 0 amide bonds. The first-order valence-corrected chi connectivity index (χ1v) is 12.4. The lowest BCUT2D eigenvalue weighted by molar-refractivity contribution is 0.268. The van der Waals surface area contributed by atoms with Crippen LogP contribution in [0.3, 0.4) is 0 Å². The van der Waals surface area contributed by atoms with Crippen LogP contribution in [0.15, 0.2) is 71.7 Å². The lowest BCUT2D eigenvalue weighted by Crippen LogP contribution is -2.50. The Kier molecular flexibility index (Phi) is 6.48. The van der Waals surface area contributed by atoms with E-state index in [0.717, 1.165) is 28.3 Å². The van der Waals surface area contributed by atoms with Crippen LogP contribution in [0.5, 0.6) is 5.75 Å². The van der Waals surface area contributed by atoms with Crippen molar-refractivity contribution in [3.8, 4) is 5.75 Å². The Hall–Kier alpha value is -2.49. The molecule has 0 saturated carbocycles. The summed E-state index contributed by atoms with van der Waals surface area (Å²) >= 11 is 12.5. The van der Waals surface area contributed by atoms with Gasteiger partial charge >= 0.3 is 0 Å². The van der Waals surface area contributed by atoms with Gasteiger partial charge in [-0.25, -0.2) is 0 Å². The molecule has 2 atom stereocenters. The average Bonchev–Trinajstić information content (AvgIpc) is 3.07. The number of amidine groups is 1. The van der Waals surface area contributed by atoms with Gasteiger partial charge in [-0.2, -0.15) is 0 Å². The topological polar surface area (TPSA) is 33.6 Å². The Balaban J connectivity index is 1.93. The number of aliphatic imine (C=N–C) groups is 1. The first-order valence-electron chi connectivity index (χ1n) is 11.7. The second-order valence-corrected chi connectivity index (χ2v) is 11.1. The van der Waals surface area contributed by atoms with E-state index in [1.54, 1.807) is 0 Å². The first kappa shape index (κ1) is 24.6. The molecule has 4 rings (SSSR count). The molecule has 0 bridgehead atoms. The predicted molar refractivity (Wildman–Crippen MR) is 144 cm³/mol. The van der Waals surface area contributed by atoms with Crippen molar-refractivity contribution < 1.29 is 4.74 Å². The zero-order valence-corrected chi connectivity index (χ0v) is 22.2. The molecule has 0 saturated heterocycles. The average molecular weight is 495 g/mol. The van der Waals surface area contributed by atoms with E-state index < -0.39 is 11.1 Å². The van der Waals surface area contributed by atoms with Gasteiger partial charge < -0.3 is 10.1 Å². The normalized spacial score (nSPS) is 22.3. The molecule has 0 fully saturated rings. The van der Waals surface area contributed by atoms with Crippen molar-refractivity contribution >= 4 is 29.0 Å². The molecule has 1 N–H and O–H groups in total. The van der Waals surface area contributed by atoms with Crippen molar-refractivity contribution in [1.29, 1.82) is 0 Å². The summed E-state index contributed by atoms with van der Waals surface area (Å²) < 4.78 is 6.04. The summed E-state index contributed by atoms with van der Waals surface area (Å²) in [5.74, 6) is 1.63. The zero-order chi connectivity index (χ0) is 24.7. The van der Waals surface area contributed by atoms with Crippen molar-refractivity contribution in [2.24, 2.45) is 4.99 Å². The van der Waals surface area contributed by atoms with Crippen LogP contribution in [0.1, 0.15) is 63.8 Å². The van der Waals surface area contributed by atoms with Crippen LogP contribution in [0, 0.1) is 0 Å². The maximum atomic E-state index is 6.23. The summed E-state index contributed by atoms with van der Waals surface area (Å²) in [6.45, 7) is 13.6. The fraction of sp³-hybridized carbons (Fsp3) is 0.345. The van der Waals surface area contributed by atoms with Crippen LogP contribution in [0.25, 0.3) is 0 Å². The number of benzene rings is 3. The smallest absolute Gasteiger partial charge is 0.133 e. The summed E-state index contributed by atoms with van der Waals surface area (Å²) in [6, 6.07) is 22.3. The standard InChI is InChI=1S/C29H32Cl2N2O/c1-7-34-25-17-12-21(27(2,3)4)18-24(25)26-32-28(5,19-8-13-22(30)14-9-19)29(6,33-26)20-10-15-23(31)16-11-20/h8-18H,7H2,1-6H3,(H,32,33)/t28-,29-/m0/s1. The van der Waals surface area contributed by atoms with Crippen LogP contribution in [0.2, 0.25) is 10.0 Å². The van der Waals surface area contributed by atoms with Gasteiger partial charge in [-0.1, -0.05) is 74.3 Å². The summed E-state index contributed by atoms with van der Waals surface area (Å²) in [5, 5.41) is 5.20. The van der Waals surface area contributed by atoms with Gasteiger partial charge in [0.1, 0.15) is 17.1 Å². The van der Waals surface area contributed by atoms with Gasteiger partial charge in [0.25, 0.3) is 0 Å². The molecule has 0 spiro atoms. The molecule has 1 aliphatic heterocycles. The Morgan fingerprint density at radius 2 is 1.41 bits per heavy atom. The molecule has 5 heteroatoms. The second-order valence-electron chi connectivity index (χ2n) is 10.2. The van der Waals surface area contributed by atoms with Gasteiger partial charge in [-0.3, -0.25) is 4.99 Å². The van der Waals surface area contributed by atoms with E-state index in [0.29, 0.717) is 16.7 Å². The minimum Gasteiger partial charge on any atom is -0.493 e. The Morgan fingerprint density at radius 1 is 0.853 bits per heavy atom. The molecule has 3 aromatic rings. The van der Waals surface area contributed by atoms with E-state index in [-0.39, 0.29) is 5.41 Å². The number of nitrogens with one attached hydrogen (secondary N) is 1. The van der Waals surface area contributed by atoms with E-state index in [1.807, 2.05) is 31.2 Å². The molecule has 0 radical (unpaired) electrons. The highest BCUT2D eigenvalue weighted by molar-refractivity contribution is 6.30. The van der Waals surface area contributed by atoms with Crippen molar-refractivity contribution in [3.63, 3.8) is 0 Å². The third kappa shape index (κ3) is 4.32. The van der Waals surface area contributed by atoms with Gasteiger partial charge in [-0.15, -0.1) is 0 Å². The van der Waals surface area contributed by atoms with E-state index in [9.17, 15) is 0 Å². The number of nitrogens with zero attached hydrogens (tertiary/aromatic N) is 1. The van der Waals surface area contributed by atoms with Gasteiger partial charge in [0.2, 0.25) is 0 Å². The Labute approximate surface area is 213 Å². The minimum absolute atomic E-state index is 0.00236. The molecule has 34 heavy (non-hydrogen) atoms. The molecule has 0 aliphatic carbocycles. The molecule has 3 aromatic carbocycles. The summed E-state index contributed by atoms with van der Waals surface area (Å²) in [7, 11) is 0. The van der Waals surface area contributed by atoms with Gasteiger partial charge in [0, 0.05) is 10.0 Å². The van der Waals surface area contributed by atoms with Crippen LogP contribution in [-0.2, 0) is 16.5 Å². The maximum absolute atomic E-state index is 6.23. The zero-order valence-electron chi connectivity index (χ0n) is 20.7. The van der Waals surface area contributed by atoms with Crippen LogP contribution >= 0.6 is 23.2 Å². The number of ether oxygens (including phenoxy) is 1. The molecule has 1 heterocycles. The molecular formula is C29H32Cl2N2O. The van der Waals surface area contributed by atoms with Crippen LogP contribution < -0.4 is 10.1 Å². The quantitative estimate of drug-likeness (QED) is 0.391. The van der Waals surface area contributed by atoms with Crippen LogP contribution in [-0.4, -0.2) is 12.4 Å². The summed E-state index contributed by atoms with van der Waals surface area (Å²) in [4.78, 5) is 5.36. The highest BCUT2D eigenvalue weighted by Gasteiger charge is 2.52. The largest absolute Gasteiger partial charge is 0.493 e. The summed E-state index contributed by atoms with van der Waals surface area (Å²) in [6.07, 6.45) is 0. The van der Waals surface area contributed by atoms with Crippen molar-refractivity contribution in [1.82, 2.24) is 5.32 Å². The SMILES string of the molecule is CCOc1ccc(C(C)(C)C)cc1C1=N[C@@](C)(c2ccc(Cl)cc2)[C@](C)(c2ccc(Cl)cc2)N1. The fourth-order valence-corrected chi connectivity index (χ4v) is 4.83. The lowest BCUT2D eigenvalue weighted by atomic mass is 9.72. The third-order valence-corrected chi connectivity index (χ3v) is 7.41. The second kappa shape index (κ2) is 8.94. The van der Waals surface area contributed by atoms with E-state index in [4.69, 9.17) is 32.9 Å². The molecule has 0 unspecified atom stereocenters. The first-order chi connectivity index (χ1) is 16.0. The molecule has 178 valence electrons. The van der Waals surface area contributed by atoms with Gasteiger partial charge in [0.15, 0.2) is 0 Å². The molecule has 3 nitrogen and oxygen atoms in total. The number of hydrogen-bond donors (Lipinski definition) is 1. The third-order valence-electron chi connectivity index (χ3n) is 6.91. The Morgan fingerprint density at radius 3 is 1.94 bits per heavy atom. The fourth-order valence-electron chi connectivity index (χ4n) is 4.58. The number of rotatable bonds is 5. The van der Waals surface area contributed by atoms with Gasteiger partial charge in [0.05, 0.1) is 17.7 Å².